The summed E-state index contributed by atoms with van der Waals surface area (Å²) >= 11 is 0. The van der Waals surface area contributed by atoms with E-state index in [1.165, 1.54) is 0 Å². The Morgan fingerprint density at radius 1 is 1.03 bits per heavy atom. The predicted octanol–water partition coefficient (Wildman–Crippen LogP) is 4.37. The van der Waals surface area contributed by atoms with E-state index in [-0.39, 0.29) is 6.54 Å². The van der Waals surface area contributed by atoms with Gasteiger partial charge in [0.05, 0.1) is 0 Å². The van der Waals surface area contributed by atoms with Gasteiger partial charge in [-0.05, 0) is 30.7 Å². The van der Waals surface area contributed by atoms with Crippen molar-refractivity contribution in [1.29, 1.82) is 0 Å². The standard InChI is InChI=1S/C21H22NO7P/c1-2-13-21-19-18(25-20(23)26-19)17(27-21)14-22(21)30(24,28-15-9-5-3-6-10-15)29-16-11-7-4-8-12-16/h3-12,17-19H,2,13-14H2,1H3/t17-,18-,19-,21-/m1/s1. The van der Waals surface area contributed by atoms with E-state index in [9.17, 15) is 9.36 Å². The number of carbonyl (C=O) groups excluding carboxylic acids is 1. The molecule has 0 saturated carbocycles. The van der Waals surface area contributed by atoms with Crippen LogP contribution >= 0.6 is 7.75 Å². The quantitative estimate of drug-likeness (QED) is 0.472. The van der Waals surface area contributed by atoms with Crippen LogP contribution in [0.1, 0.15) is 19.8 Å². The minimum atomic E-state index is -3.96. The van der Waals surface area contributed by atoms with Crippen LogP contribution in [0.3, 0.4) is 0 Å². The van der Waals surface area contributed by atoms with Crippen LogP contribution in [-0.4, -0.2) is 41.4 Å². The summed E-state index contributed by atoms with van der Waals surface area (Å²) in [5.41, 5.74) is -1.14. The predicted molar refractivity (Wildman–Crippen MR) is 106 cm³/mol. The minimum Gasteiger partial charge on any atom is -0.424 e. The van der Waals surface area contributed by atoms with E-state index in [4.69, 9.17) is 23.3 Å². The zero-order valence-electron chi connectivity index (χ0n) is 16.4. The maximum absolute atomic E-state index is 14.3. The smallest absolute Gasteiger partial charge is 0.424 e. The molecular formula is C21H22NO7P. The molecule has 5 rings (SSSR count). The molecule has 9 heteroatoms. The first-order valence-electron chi connectivity index (χ1n) is 9.97. The third-order valence-corrected chi connectivity index (χ3v) is 7.52. The Morgan fingerprint density at radius 2 is 1.63 bits per heavy atom. The number of ether oxygens (including phenoxy) is 3. The van der Waals surface area contributed by atoms with Crippen molar-refractivity contribution < 1.29 is 32.6 Å². The highest BCUT2D eigenvalue weighted by atomic mass is 31.2. The largest absolute Gasteiger partial charge is 0.518 e. The summed E-state index contributed by atoms with van der Waals surface area (Å²) in [4.78, 5) is 11.8. The van der Waals surface area contributed by atoms with E-state index in [0.717, 1.165) is 0 Å². The van der Waals surface area contributed by atoms with Gasteiger partial charge in [0.15, 0.2) is 17.9 Å². The summed E-state index contributed by atoms with van der Waals surface area (Å²) in [6.07, 6.45) is -1.25. The maximum Gasteiger partial charge on any atom is 0.518 e. The molecular weight excluding hydrogens is 409 g/mol. The lowest BCUT2D eigenvalue weighted by Gasteiger charge is -2.41. The monoisotopic (exact) mass is 431 g/mol. The van der Waals surface area contributed by atoms with Gasteiger partial charge in [0.25, 0.3) is 0 Å². The lowest BCUT2D eigenvalue weighted by molar-refractivity contribution is -0.106. The Kier molecular flexibility index (Phi) is 4.73. The summed E-state index contributed by atoms with van der Waals surface area (Å²) in [6.45, 7) is 2.21. The van der Waals surface area contributed by atoms with Crippen LogP contribution in [0.25, 0.3) is 0 Å². The Labute approximate surface area is 174 Å². The van der Waals surface area contributed by atoms with E-state index in [0.29, 0.717) is 24.3 Å². The molecule has 0 aliphatic carbocycles. The molecule has 2 bridgehead atoms. The van der Waals surface area contributed by atoms with Gasteiger partial charge >= 0.3 is 13.9 Å². The summed E-state index contributed by atoms with van der Waals surface area (Å²) in [7, 11) is -3.96. The second-order valence-electron chi connectivity index (χ2n) is 7.48. The third kappa shape index (κ3) is 3.07. The zero-order chi connectivity index (χ0) is 20.8. The fourth-order valence-electron chi connectivity index (χ4n) is 4.40. The van der Waals surface area contributed by atoms with Gasteiger partial charge in [-0.3, -0.25) is 0 Å². The zero-order valence-corrected chi connectivity index (χ0v) is 17.3. The number of para-hydroxylation sites is 2. The highest BCUT2D eigenvalue weighted by molar-refractivity contribution is 7.52. The second-order valence-corrected chi connectivity index (χ2v) is 9.27. The van der Waals surface area contributed by atoms with Crippen molar-refractivity contribution in [1.82, 2.24) is 4.67 Å². The van der Waals surface area contributed by atoms with E-state index < -0.39 is 37.9 Å². The molecule has 0 N–H and O–H groups in total. The first-order valence-corrected chi connectivity index (χ1v) is 11.5. The number of fused-ring (bicyclic) bond motifs is 5. The van der Waals surface area contributed by atoms with Gasteiger partial charge in [-0.2, -0.15) is 4.67 Å². The summed E-state index contributed by atoms with van der Waals surface area (Å²) in [5.74, 6) is 0.810. The summed E-state index contributed by atoms with van der Waals surface area (Å²) in [6, 6.07) is 17.7. The molecule has 2 aromatic carbocycles. The lowest BCUT2D eigenvalue weighted by atomic mass is 9.94. The van der Waals surface area contributed by atoms with E-state index >= 15 is 0 Å². The molecule has 30 heavy (non-hydrogen) atoms. The number of carbonyl (C=O) groups is 1. The van der Waals surface area contributed by atoms with Crippen molar-refractivity contribution in [3.63, 3.8) is 0 Å². The molecule has 3 aliphatic heterocycles. The van der Waals surface area contributed by atoms with Gasteiger partial charge in [-0.15, -0.1) is 0 Å². The van der Waals surface area contributed by atoms with E-state index in [2.05, 4.69) is 0 Å². The van der Waals surface area contributed by atoms with Crippen molar-refractivity contribution in [2.24, 2.45) is 0 Å². The van der Waals surface area contributed by atoms with Crippen LogP contribution in [0, 0.1) is 0 Å². The molecule has 0 radical (unpaired) electrons. The number of hydrogen-bond donors (Lipinski definition) is 0. The summed E-state index contributed by atoms with van der Waals surface area (Å²) in [5, 5.41) is 0. The van der Waals surface area contributed by atoms with Gasteiger partial charge in [0.2, 0.25) is 0 Å². The van der Waals surface area contributed by atoms with Crippen molar-refractivity contribution >= 4 is 13.9 Å². The van der Waals surface area contributed by atoms with Crippen LogP contribution in [0.5, 0.6) is 11.5 Å². The van der Waals surface area contributed by atoms with Crippen LogP contribution in [0.2, 0.25) is 0 Å². The molecule has 3 aliphatic rings. The molecule has 0 aromatic heterocycles. The Balaban J connectivity index is 1.55. The number of rotatable bonds is 7. The molecule has 0 unspecified atom stereocenters. The van der Waals surface area contributed by atoms with Crippen LogP contribution in [-0.2, 0) is 18.8 Å². The lowest BCUT2D eigenvalue weighted by Crippen LogP contribution is -2.57. The van der Waals surface area contributed by atoms with Gasteiger partial charge in [-0.1, -0.05) is 49.7 Å². The topological polar surface area (TPSA) is 83.5 Å². The first kappa shape index (κ1) is 19.4. The van der Waals surface area contributed by atoms with E-state index in [1.54, 1.807) is 53.2 Å². The molecule has 2 aromatic rings. The molecule has 0 amide bonds. The average molecular weight is 431 g/mol. The van der Waals surface area contributed by atoms with E-state index in [1.807, 2.05) is 19.1 Å². The number of hydrogen-bond acceptors (Lipinski definition) is 7. The minimum absolute atomic E-state index is 0.231. The first-order chi connectivity index (χ1) is 14.5. The molecule has 8 nitrogen and oxygen atoms in total. The number of nitrogens with zero attached hydrogens (tertiary/aromatic N) is 1. The van der Waals surface area contributed by atoms with Gasteiger partial charge in [0.1, 0.15) is 17.6 Å². The summed E-state index contributed by atoms with van der Waals surface area (Å²) < 4.78 is 44.9. The fraction of sp³-hybridized carbons (Fsp3) is 0.381. The molecule has 3 heterocycles. The molecule has 3 fully saturated rings. The highest BCUT2D eigenvalue weighted by Crippen LogP contribution is 2.63. The van der Waals surface area contributed by atoms with Crippen molar-refractivity contribution in [3.05, 3.63) is 60.7 Å². The van der Waals surface area contributed by atoms with Crippen LogP contribution in [0.15, 0.2) is 60.7 Å². The van der Waals surface area contributed by atoms with Crippen LogP contribution < -0.4 is 9.05 Å². The third-order valence-electron chi connectivity index (χ3n) is 5.54. The maximum atomic E-state index is 14.3. The van der Waals surface area contributed by atoms with Gasteiger partial charge < -0.3 is 23.3 Å². The number of piperidine rings is 1. The average Bonchev–Trinajstić information content (AvgIpc) is 3.39. The molecule has 158 valence electrons. The Hall–Kier alpha value is -2.54. The van der Waals surface area contributed by atoms with Crippen molar-refractivity contribution in [2.45, 2.75) is 43.8 Å². The molecule has 0 spiro atoms. The molecule has 4 atom stereocenters. The number of benzene rings is 2. The van der Waals surface area contributed by atoms with Crippen molar-refractivity contribution in [3.8, 4) is 11.5 Å². The fourth-order valence-corrected chi connectivity index (χ4v) is 6.45. The van der Waals surface area contributed by atoms with Crippen LogP contribution in [0.4, 0.5) is 4.79 Å². The Bertz CT molecular complexity index is 926. The van der Waals surface area contributed by atoms with Gasteiger partial charge in [0, 0.05) is 6.54 Å². The SMILES string of the molecule is CCC[C@]12O[C@H](CN1P(=O)(Oc1ccccc1)Oc1ccccc1)[C@H]1OC(=O)O[C@H]12. The molecule has 3 saturated heterocycles. The second kappa shape index (κ2) is 7.30. The highest BCUT2D eigenvalue weighted by Gasteiger charge is 2.74. The normalized spacial score (nSPS) is 29.9. The van der Waals surface area contributed by atoms with Crippen molar-refractivity contribution in [2.75, 3.05) is 6.54 Å². The Morgan fingerprint density at radius 3 is 2.20 bits per heavy atom. The van der Waals surface area contributed by atoms with Gasteiger partial charge in [-0.25, -0.2) is 9.36 Å².